The summed E-state index contributed by atoms with van der Waals surface area (Å²) in [6.07, 6.45) is 2.13. The van der Waals surface area contributed by atoms with Crippen LogP contribution >= 0.6 is 24.0 Å². The number of hydrogen-bond donors (Lipinski definition) is 2. The first-order valence-corrected chi connectivity index (χ1v) is 8.34. The van der Waals surface area contributed by atoms with Crippen LogP contribution in [0.4, 0.5) is 5.82 Å². The molecule has 0 aromatic carbocycles. The molecule has 1 atom stereocenters. The smallest absolute Gasteiger partial charge is 0.191 e. The lowest BCUT2D eigenvalue weighted by Crippen LogP contribution is -2.41. The van der Waals surface area contributed by atoms with Crippen molar-refractivity contribution in [3.63, 3.8) is 0 Å². The molecular weight excluding hydrogens is 417 g/mol. The third-order valence-corrected chi connectivity index (χ3v) is 3.74. The van der Waals surface area contributed by atoms with Gasteiger partial charge in [0.25, 0.3) is 0 Å². The Balaban J connectivity index is 0.00000288. The van der Waals surface area contributed by atoms with E-state index in [0.717, 1.165) is 44.6 Å². The number of morpholine rings is 1. The summed E-state index contributed by atoms with van der Waals surface area (Å²) < 4.78 is 5.59. The van der Waals surface area contributed by atoms with Gasteiger partial charge in [-0.1, -0.05) is 13.8 Å². The first-order valence-electron chi connectivity index (χ1n) is 8.34. The zero-order valence-electron chi connectivity index (χ0n) is 15.1. The summed E-state index contributed by atoms with van der Waals surface area (Å²) in [6, 6.07) is 4.18. The highest BCUT2D eigenvalue weighted by molar-refractivity contribution is 14.0. The molecule has 0 radical (unpaired) electrons. The average Bonchev–Trinajstić information content (AvgIpc) is 2.55. The number of rotatable bonds is 5. The molecule has 6 nitrogen and oxygen atoms in total. The Morgan fingerprint density at radius 2 is 2.25 bits per heavy atom. The Labute approximate surface area is 162 Å². The molecule has 136 valence electrons. The third-order valence-electron chi connectivity index (χ3n) is 3.74. The number of nitrogens with one attached hydrogen (secondary N) is 2. The predicted octanol–water partition coefficient (Wildman–Crippen LogP) is 2.25. The summed E-state index contributed by atoms with van der Waals surface area (Å²) in [5, 5.41) is 6.67. The number of aromatic nitrogens is 1. The number of anilines is 1. The fraction of sp³-hybridized carbons (Fsp3) is 0.647. The Kier molecular flexibility index (Phi) is 9.35. The number of hydrogen-bond acceptors (Lipinski definition) is 4. The second-order valence-electron chi connectivity index (χ2n) is 6.35. The van der Waals surface area contributed by atoms with E-state index in [0.29, 0.717) is 5.92 Å². The topological polar surface area (TPSA) is 61.8 Å². The van der Waals surface area contributed by atoms with Gasteiger partial charge in [0.1, 0.15) is 5.82 Å². The first kappa shape index (κ1) is 21.0. The Morgan fingerprint density at radius 3 is 2.92 bits per heavy atom. The van der Waals surface area contributed by atoms with E-state index in [-0.39, 0.29) is 30.1 Å². The van der Waals surface area contributed by atoms with Crippen molar-refractivity contribution in [2.24, 2.45) is 10.9 Å². The zero-order chi connectivity index (χ0) is 16.7. The molecule has 2 heterocycles. The van der Waals surface area contributed by atoms with Crippen molar-refractivity contribution in [2.45, 2.75) is 33.4 Å². The molecule has 0 bridgehead atoms. The summed E-state index contributed by atoms with van der Waals surface area (Å²) in [7, 11) is 1.79. The van der Waals surface area contributed by atoms with Crippen LogP contribution in [0.5, 0.6) is 0 Å². The van der Waals surface area contributed by atoms with Gasteiger partial charge in [-0.05, 0) is 30.5 Å². The summed E-state index contributed by atoms with van der Waals surface area (Å²) in [4.78, 5) is 11.0. The highest BCUT2D eigenvalue weighted by Gasteiger charge is 2.17. The van der Waals surface area contributed by atoms with E-state index < -0.39 is 0 Å². The predicted molar refractivity (Wildman–Crippen MR) is 110 cm³/mol. The third kappa shape index (κ3) is 6.80. The molecule has 1 saturated heterocycles. The molecule has 0 aliphatic carbocycles. The Bertz CT molecular complexity index is 523. The van der Waals surface area contributed by atoms with Crippen molar-refractivity contribution in [1.29, 1.82) is 0 Å². The number of ether oxygens (including phenoxy) is 1. The van der Waals surface area contributed by atoms with Gasteiger partial charge in [-0.2, -0.15) is 0 Å². The second kappa shape index (κ2) is 10.7. The van der Waals surface area contributed by atoms with Crippen LogP contribution in [0.2, 0.25) is 0 Å². The lowest BCUT2D eigenvalue weighted by molar-refractivity contribution is 0.0529. The monoisotopic (exact) mass is 447 g/mol. The fourth-order valence-corrected chi connectivity index (χ4v) is 2.48. The van der Waals surface area contributed by atoms with E-state index in [9.17, 15) is 0 Å². The lowest BCUT2D eigenvalue weighted by atomic mass is 10.2. The molecule has 1 fully saturated rings. The minimum absolute atomic E-state index is 0. The van der Waals surface area contributed by atoms with Crippen molar-refractivity contribution >= 4 is 35.8 Å². The first-order chi connectivity index (χ1) is 11.1. The number of guanidine groups is 1. The van der Waals surface area contributed by atoms with Gasteiger partial charge in [-0.15, -0.1) is 24.0 Å². The van der Waals surface area contributed by atoms with E-state index in [1.54, 1.807) is 7.05 Å². The van der Waals surface area contributed by atoms with Gasteiger partial charge in [0, 0.05) is 39.4 Å². The van der Waals surface area contributed by atoms with Gasteiger partial charge in [0.05, 0.1) is 12.7 Å². The standard InChI is InChI=1S/C17H29N5O.HI/c1-13(2)10-20-17(18-4)21-11-15-5-6-19-16(9-15)22-7-8-23-14(3)12-22;/h5-6,9,13-14H,7-8,10-12H2,1-4H3,(H2,18,20,21);1H. The molecule has 2 rings (SSSR count). The molecular formula is C17H30IN5O. The SMILES string of the molecule is CN=C(NCc1ccnc(N2CCOC(C)C2)c1)NCC(C)C.I. The largest absolute Gasteiger partial charge is 0.375 e. The van der Waals surface area contributed by atoms with Crippen molar-refractivity contribution in [3.8, 4) is 0 Å². The van der Waals surface area contributed by atoms with E-state index >= 15 is 0 Å². The normalized spacial score (nSPS) is 18.3. The highest BCUT2D eigenvalue weighted by atomic mass is 127. The van der Waals surface area contributed by atoms with Gasteiger partial charge in [-0.3, -0.25) is 4.99 Å². The van der Waals surface area contributed by atoms with Crippen molar-refractivity contribution in [2.75, 3.05) is 38.2 Å². The quantitative estimate of drug-likeness (QED) is 0.412. The number of nitrogens with zero attached hydrogens (tertiary/aromatic N) is 3. The molecule has 0 spiro atoms. The number of halogens is 1. The van der Waals surface area contributed by atoms with Crippen LogP contribution in [0, 0.1) is 5.92 Å². The van der Waals surface area contributed by atoms with Gasteiger partial charge in [0.2, 0.25) is 0 Å². The molecule has 0 saturated carbocycles. The van der Waals surface area contributed by atoms with Crippen LogP contribution in [0.15, 0.2) is 23.3 Å². The molecule has 1 aliphatic rings. The van der Waals surface area contributed by atoms with Crippen LogP contribution in [-0.4, -0.2) is 50.3 Å². The van der Waals surface area contributed by atoms with Crippen molar-refractivity contribution < 1.29 is 4.74 Å². The van der Waals surface area contributed by atoms with Crippen LogP contribution in [0.25, 0.3) is 0 Å². The van der Waals surface area contributed by atoms with Gasteiger partial charge in [0.15, 0.2) is 5.96 Å². The van der Waals surface area contributed by atoms with Gasteiger partial charge in [-0.25, -0.2) is 4.98 Å². The Morgan fingerprint density at radius 1 is 1.46 bits per heavy atom. The maximum Gasteiger partial charge on any atom is 0.191 e. The van der Waals surface area contributed by atoms with Crippen molar-refractivity contribution in [1.82, 2.24) is 15.6 Å². The minimum atomic E-state index is 0. The summed E-state index contributed by atoms with van der Waals surface area (Å²) in [6.45, 7) is 10.6. The average molecular weight is 447 g/mol. The van der Waals surface area contributed by atoms with E-state index in [2.05, 4.69) is 52.3 Å². The zero-order valence-corrected chi connectivity index (χ0v) is 17.4. The van der Waals surface area contributed by atoms with Crippen LogP contribution in [0.1, 0.15) is 26.3 Å². The van der Waals surface area contributed by atoms with Gasteiger partial charge < -0.3 is 20.3 Å². The maximum absolute atomic E-state index is 5.59. The maximum atomic E-state index is 5.59. The fourth-order valence-electron chi connectivity index (χ4n) is 2.48. The molecule has 1 aromatic rings. The van der Waals surface area contributed by atoms with Crippen LogP contribution < -0.4 is 15.5 Å². The summed E-state index contributed by atoms with van der Waals surface area (Å²) in [5.41, 5.74) is 1.20. The van der Waals surface area contributed by atoms with E-state index in [1.807, 2.05) is 12.3 Å². The van der Waals surface area contributed by atoms with Crippen LogP contribution in [-0.2, 0) is 11.3 Å². The molecule has 7 heteroatoms. The molecule has 2 N–H and O–H groups in total. The number of aliphatic imine (C=N–C) groups is 1. The molecule has 1 unspecified atom stereocenters. The molecule has 24 heavy (non-hydrogen) atoms. The lowest BCUT2D eigenvalue weighted by Gasteiger charge is -2.32. The summed E-state index contributed by atoms with van der Waals surface area (Å²) >= 11 is 0. The summed E-state index contributed by atoms with van der Waals surface area (Å²) in [5.74, 6) is 2.44. The second-order valence-corrected chi connectivity index (χ2v) is 6.35. The molecule has 1 aromatic heterocycles. The highest BCUT2D eigenvalue weighted by Crippen LogP contribution is 2.16. The van der Waals surface area contributed by atoms with E-state index in [1.165, 1.54) is 5.56 Å². The number of pyridine rings is 1. The van der Waals surface area contributed by atoms with Crippen LogP contribution in [0.3, 0.4) is 0 Å². The minimum Gasteiger partial charge on any atom is -0.375 e. The van der Waals surface area contributed by atoms with Crippen molar-refractivity contribution in [3.05, 3.63) is 23.9 Å². The molecule has 0 amide bonds. The molecule has 1 aliphatic heterocycles. The van der Waals surface area contributed by atoms with Gasteiger partial charge >= 0.3 is 0 Å². The Hall–Kier alpha value is -1.09. The van der Waals surface area contributed by atoms with E-state index in [4.69, 9.17) is 4.74 Å².